The lowest BCUT2D eigenvalue weighted by atomic mass is 9.84. The van der Waals surface area contributed by atoms with Crippen LogP contribution in [-0.4, -0.2) is 51.7 Å². The van der Waals surface area contributed by atoms with Crippen LogP contribution in [-0.2, 0) is 0 Å². The number of ether oxygens (including phenoxy) is 2. The number of rotatable bonds is 6. The van der Waals surface area contributed by atoms with Crippen LogP contribution in [0.3, 0.4) is 0 Å². The highest BCUT2D eigenvalue weighted by atomic mass is 16.5. The molecule has 1 fully saturated rings. The van der Waals surface area contributed by atoms with Gasteiger partial charge in [0.15, 0.2) is 11.5 Å². The Balaban J connectivity index is 2.07. The van der Waals surface area contributed by atoms with Gasteiger partial charge in [-0.2, -0.15) is 0 Å². The van der Waals surface area contributed by atoms with E-state index in [9.17, 15) is 4.79 Å². The van der Waals surface area contributed by atoms with E-state index in [0.717, 1.165) is 13.0 Å². The van der Waals surface area contributed by atoms with Crippen molar-refractivity contribution in [1.82, 2.24) is 10.2 Å². The van der Waals surface area contributed by atoms with Crippen LogP contribution in [0.2, 0.25) is 0 Å². The Bertz CT molecular complexity index is 531. The number of hydrogen-bond donors (Lipinski definition) is 1. The highest BCUT2D eigenvalue weighted by molar-refractivity contribution is 5.95. The molecule has 5 heteroatoms. The van der Waals surface area contributed by atoms with E-state index in [2.05, 4.69) is 24.3 Å². The second kappa shape index (κ2) is 8.20. The molecule has 1 saturated carbocycles. The molecule has 1 N–H and O–H groups in total. The van der Waals surface area contributed by atoms with Gasteiger partial charge < -0.3 is 19.7 Å². The number of benzene rings is 1. The predicted molar refractivity (Wildman–Crippen MR) is 91.3 cm³/mol. The second-order valence-corrected chi connectivity index (χ2v) is 6.46. The molecule has 1 aliphatic carbocycles. The summed E-state index contributed by atoms with van der Waals surface area (Å²) in [5.41, 5.74) is 0.608. The summed E-state index contributed by atoms with van der Waals surface area (Å²) >= 11 is 0. The lowest BCUT2D eigenvalue weighted by Crippen LogP contribution is -2.45. The van der Waals surface area contributed by atoms with Gasteiger partial charge in [0.05, 0.1) is 14.2 Å². The van der Waals surface area contributed by atoms with Gasteiger partial charge in [-0.15, -0.1) is 0 Å². The number of amides is 1. The molecule has 2 atom stereocenters. The third-order valence-electron chi connectivity index (χ3n) is 4.47. The molecule has 2 rings (SSSR count). The molecule has 1 aromatic carbocycles. The van der Waals surface area contributed by atoms with E-state index in [1.807, 2.05) is 0 Å². The van der Waals surface area contributed by atoms with Gasteiger partial charge in [-0.05, 0) is 51.1 Å². The maximum absolute atomic E-state index is 12.6. The minimum absolute atomic E-state index is 0.0402. The van der Waals surface area contributed by atoms with Crippen molar-refractivity contribution >= 4 is 5.91 Å². The van der Waals surface area contributed by atoms with Crippen molar-refractivity contribution in [3.63, 3.8) is 0 Å². The Kier molecular flexibility index (Phi) is 6.28. The van der Waals surface area contributed by atoms with E-state index in [1.165, 1.54) is 19.3 Å². The monoisotopic (exact) mass is 320 g/mol. The minimum Gasteiger partial charge on any atom is -0.493 e. The Labute approximate surface area is 139 Å². The molecular weight excluding hydrogens is 292 g/mol. The Hall–Kier alpha value is -1.75. The molecule has 0 heterocycles. The number of methoxy groups -OCH3 is 2. The van der Waals surface area contributed by atoms with Gasteiger partial charge in [0.1, 0.15) is 0 Å². The molecule has 0 aromatic heterocycles. The fraction of sp³-hybridized carbons (Fsp3) is 0.611. The van der Waals surface area contributed by atoms with Crippen LogP contribution in [0.25, 0.3) is 0 Å². The molecule has 0 bridgehead atoms. The van der Waals surface area contributed by atoms with E-state index in [1.54, 1.807) is 32.4 Å². The fourth-order valence-electron chi connectivity index (χ4n) is 3.31. The minimum atomic E-state index is -0.0402. The summed E-state index contributed by atoms with van der Waals surface area (Å²) < 4.78 is 10.5. The number of nitrogens with zero attached hydrogens (tertiary/aromatic N) is 1. The zero-order valence-electron chi connectivity index (χ0n) is 14.6. The summed E-state index contributed by atoms with van der Waals surface area (Å²) in [6, 6.07) is 5.52. The zero-order chi connectivity index (χ0) is 16.8. The Morgan fingerprint density at radius 3 is 2.52 bits per heavy atom. The van der Waals surface area contributed by atoms with Crippen molar-refractivity contribution < 1.29 is 14.3 Å². The van der Waals surface area contributed by atoms with Gasteiger partial charge in [-0.3, -0.25) is 4.79 Å². The van der Waals surface area contributed by atoms with Crippen LogP contribution in [0.15, 0.2) is 18.2 Å². The summed E-state index contributed by atoms with van der Waals surface area (Å²) in [7, 11) is 7.34. The molecule has 1 aliphatic rings. The summed E-state index contributed by atoms with van der Waals surface area (Å²) in [6.07, 6.45) is 4.66. The van der Waals surface area contributed by atoms with Crippen LogP contribution in [0.5, 0.6) is 11.5 Å². The normalized spacial score (nSPS) is 21.1. The van der Waals surface area contributed by atoms with Crippen molar-refractivity contribution in [1.29, 1.82) is 0 Å². The van der Waals surface area contributed by atoms with E-state index in [-0.39, 0.29) is 11.9 Å². The van der Waals surface area contributed by atoms with Crippen molar-refractivity contribution in [3.8, 4) is 11.5 Å². The van der Waals surface area contributed by atoms with Gasteiger partial charge >= 0.3 is 0 Å². The molecule has 2 unspecified atom stereocenters. The zero-order valence-corrected chi connectivity index (χ0v) is 14.6. The predicted octanol–water partition coefficient (Wildman–Crippen LogP) is 2.55. The van der Waals surface area contributed by atoms with E-state index < -0.39 is 0 Å². The number of hydrogen-bond acceptors (Lipinski definition) is 4. The largest absolute Gasteiger partial charge is 0.493 e. The first-order chi connectivity index (χ1) is 11.0. The second-order valence-electron chi connectivity index (χ2n) is 6.46. The van der Waals surface area contributed by atoms with Crippen molar-refractivity contribution in [3.05, 3.63) is 23.8 Å². The summed E-state index contributed by atoms with van der Waals surface area (Å²) in [5.74, 6) is 1.69. The van der Waals surface area contributed by atoms with Crippen molar-refractivity contribution in [2.75, 3.05) is 34.9 Å². The van der Waals surface area contributed by atoms with Crippen LogP contribution in [0, 0.1) is 5.92 Å². The number of carbonyl (C=O) groups excluding carboxylic acids is 1. The molecule has 0 spiro atoms. The van der Waals surface area contributed by atoms with E-state index >= 15 is 0 Å². The topological polar surface area (TPSA) is 50.8 Å². The SMILES string of the molecule is COc1ccc(C(=O)NC2CCCCC2CN(C)C)cc1OC. The van der Waals surface area contributed by atoms with Crippen LogP contribution < -0.4 is 14.8 Å². The van der Waals surface area contributed by atoms with E-state index in [4.69, 9.17) is 9.47 Å². The standard InChI is InChI=1S/C18H28N2O3/c1-20(2)12-14-7-5-6-8-15(14)19-18(21)13-9-10-16(22-3)17(11-13)23-4/h9-11,14-15H,5-8,12H2,1-4H3,(H,19,21). The van der Waals surface area contributed by atoms with Gasteiger partial charge in [0.2, 0.25) is 0 Å². The van der Waals surface area contributed by atoms with Gasteiger partial charge in [-0.25, -0.2) is 0 Å². The molecule has 1 amide bonds. The summed E-state index contributed by atoms with van der Waals surface area (Å²) in [5, 5.41) is 3.22. The maximum Gasteiger partial charge on any atom is 0.251 e. The van der Waals surface area contributed by atoms with Gasteiger partial charge in [-0.1, -0.05) is 12.8 Å². The van der Waals surface area contributed by atoms with Crippen LogP contribution >= 0.6 is 0 Å². The highest BCUT2D eigenvalue weighted by Gasteiger charge is 2.27. The first-order valence-electron chi connectivity index (χ1n) is 8.22. The number of nitrogens with one attached hydrogen (secondary N) is 1. The maximum atomic E-state index is 12.6. The molecule has 0 saturated heterocycles. The average molecular weight is 320 g/mol. The Morgan fingerprint density at radius 1 is 1.17 bits per heavy atom. The average Bonchev–Trinajstić information content (AvgIpc) is 2.55. The van der Waals surface area contributed by atoms with Crippen LogP contribution in [0.1, 0.15) is 36.0 Å². The molecule has 0 radical (unpaired) electrons. The first kappa shape index (κ1) is 17.6. The molecule has 128 valence electrons. The molecule has 0 aliphatic heterocycles. The third kappa shape index (κ3) is 4.61. The molecule has 23 heavy (non-hydrogen) atoms. The fourth-order valence-corrected chi connectivity index (χ4v) is 3.31. The summed E-state index contributed by atoms with van der Waals surface area (Å²) in [6.45, 7) is 1.01. The smallest absolute Gasteiger partial charge is 0.251 e. The van der Waals surface area contributed by atoms with Crippen LogP contribution in [0.4, 0.5) is 0 Å². The van der Waals surface area contributed by atoms with E-state index in [0.29, 0.717) is 23.0 Å². The van der Waals surface area contributed by atoms with Gasteiger partial charge in [0, 0.05) is 18.2 Å². The third-order valence-corrected chi connectivity index (χ3v) is 4.47. The molecular formula is C18H28N2O3. The summed E-state index contributed by atoms with van der Waals surface area (Å²) in [4.78, 5) is 14.8. The van der Waals surface area contributed by atoms with Crippen molar-refractivity contribution in [2.45, 2.75) is 31.7 Å². The highest BCUT2D eigenvalue weighted by Crippen LogP contribution is 2.28. The Morgan fingerprint density at radius 2 is 1.87 bits per heavy atom. The van der Waals surface area contributed by atoms with Gasteiger partial charge in [0.25, 0.3) is 5.91 Å². The quantitative estimate of drug-likeness (QED) is 0.875. The lowest BCUT2D eigenvalue weighted by Gasteiger charge is -2.34. The molecule has 5 nitrogen and oxygen atoms in total. The molecule has 1 aromatic rings. The lowest BCUT2D eigenvalue weighted by molar-refractivity contribution is 0.0895. The first-order valence-corrected chi connectivity index (χ1v) is 8.22. The number of carbonyl (C=O) groups is 1. The van der Waals surface area contributed by atoms with Crippen molar-refractivity contribution in [2.24, 2.45) is 5.92 Å².